The monoisotopic (exact) mass is 545 g/mol. The van der Waals surface area contributed by atoms with Crippen molar-refractivity contribution in [2.24, 2.45) is 0 Å². The summed E-state index contributed by atoms with van der Waals surface area (Å²) in [4.78, 5) is 29.4. The molecule has 3 aromatic carbocycles. The average molecular weight is 546 g/mol. The first kappa shape index (κ1) is 27.0. The van der Waals surface area contributed by atoms with Gasteiger partial charge in [0.1, 0.15) is 5.56 Å². The Morgan fingerprint density at radius 2 is 1.82 bits per heavy atom. The second-order valence-electron chi connectivity index (χ2n) is 9.61. The van der Waals surface area contributed by atoms with E-state index >= 15 is 0 Å². The molecule has 2 unspecified atom stereocenters. The Morgan fingerprint density at radius 3 is 2.59 bits per heavy atom. The molecule has 0 saturated carbocycles. The lowest BCUT2D eigenvalue weighted by molar-refractivity contribution is -0.140. The van der Waals surface area contributed by atoms with Crippen molar-refractivity contribution in [1.82, 2.24) is 4.98 Å². The second-order valence-corrected chi connectivity index (χ2v) is 10.8. The van der Waals surface area contributed by atoms with E-state index in [0.29, 0.717) is 18.4 Å². The number of hydrogen-bond donors (Lipinski definition) is 1. The van der Waals surface area contributed by atoms with Crippen molar-refractivity contribution in [3.05, 3.63) is 76.9 Å². The van der Waals surface area contributed by atoms with E-state index in [2.05, 4.69) is 35.3 Å². The molecule has 0 radical (unpaired) electrons. The largest absolute Gasteiger partial charge is 0.480 e. The summed E-state index contributed by atoms with van der Waals surface area (Å²) in [5.74, 6) is -0.587. The molecule has 0 aliphatic heterocycles. The number of hydrogen-bond acceptors (Lipinski definition) is 8. The number of esters is 2. The van der Waals surface area contributed by atoms with Gasteiger partial charge in [-0.2, -0.15) is 0 Å². The summed E-state index contributed by atoms with van der Waals surface area (Å²) < 4.78 is 15.0. The summed E-state index contributed by atoms with van der Waals surface area (Å²) in [5.41, 5.74) is 4.69. The predicted molar refractivity (Wildman–Crippen MR) is 151 cm³/mol. The van der Waals surface area contributed by atoms with Crippen molar-refractivity contribution < 1.29 is 28.9 Å². The van der Waals surface area contributed by atoms with Gasteiger partial charge < -0.3 is 19.3 Å². The molecule has 202 valence electrons. The topological polar surface area (TPSA) is 95.0 Å². The van der Waals surface area contributed by atoms with Crippen LogP contribution in [0.5, 0.6) is 5.88 Å². The number of aliphatic hydroxyl groups excluding tert-OH is 1. The summed E-state index contributed by atoms with van der Waals surface area (Å²) in [5, 5.41) is 14.5. The predicted octanol–water partition coefficient (Wildman–Crippen LogP) is 5.82. The van der Waals surface area contributed by atoms with Crippen LogP contribution in [0.1, 0.15) is 51.6 Å². The van der Waals surface area contributed by atoms with Crippen LogP contribution in [0.25, 0.3) is 21.7 Å². The molecule has 1 aliphatic rings. The Hall–Kier alpha value is -3.62. The van der Waals surface area contributed by atoms with Gasteiger partial charge in [-0.25, -0.2) is 9.78 Å². The number of aliphatic hydroxyl groups is 1. The smallest absolute Gasteiger partial charge is 0.343 e. The van der Waals surface area contributed by atoms with E-state index in [-0.39, 0.29) is 29.1 Å². The van der Waals surface area contributed by atoms with Crippen LogP contribution in [-0.4, -0.2) is 49.5 Å². The number of thioether (sulfide) groups is 1. The summed E-state index contributed by atoms with van der Waals surface area (Å²) in [7, 11) is 4.17. The molecule has 1 N–H and O–H groups in total. The third-order valence-corrected chi connectivity index (χ3v) is 8.65. The van der Waals surface area contributed by atoms with Crippen molar-refractivity contribution in [3.63, 3.8) is 0 Å². The molecule has 2 atom stereocenters. The van der Waals surface area contributed by atoms with E-state index in [0.717, 1.165) is 28.7 Å². The van der Waals surface area contributed by atoms with Crippen LogP contribution in [0.2, 0.25) is 0 Å². The summed E-state index contributed by atoms with van der Waals surface area (Å²) >= 11 is 1.58. The van der Waals surface area contributed by atoms with Gasteiger partial charge >= 0.3 is 11.9 Å². The van der Waals surface area contributed by atoms with Crippen LogP contribution in [0, 0.1) is 0 Å². The number of aromatic nitrogens is 1. The first-order chi connectivity index (χ1) is 18.9. The molecule has 8 heteroatoms. The van der Waals surface area contributed by atoms with Crippen LogP contribution in [0.15, 0.2) is 59.5 Å². The van der Waals surface area contributed by atoms with Gasteiger partial charge in [-0.15, -0.1) is 11.8 Å². The van der Waals surface area contributed by atoms with Gasteiger partial charge in [0.05, 0.1) is 38.2 Å². The standard InChI is InChI=1S/C31H31NO6S/c1-36-27(34)9-5-8-26(33)29(23-15-12-19-7-4-6-18-11-14-22(23)28(18)19)39-21-13-10-20-16-24(31(35)38-3)30(37-2)32-25(20)17-21/h4,6-7,10,12-13,15-17,26,29,33H,5,8-9,11,14H2,1-3H3. The fourth-order valence-electron chi connectivity index (χ4n) is 5.37. The first-order valence-electron chi connectivity index (χ1n) is 13.0. The molecule has 7 nitrogen and oxygen atoms in total. The van der Waals surface area contributed by atoms with Gasteiger partial charge in [-0.05, 0) is 71.3 Å². The van der Waals surface area contributed by atoms with E-state index in [1.165, 1.54) is 43.2 Å². The molecule has 0 amide bonds. The van der Waals surface area contributed by atoms with Crippen LogP contribution >= 0.6 is 11.8 Å². The fourth-order valence-corrected chi connectivity index (χ4v) is 6.63. The van der Waals surface area contributed by atoms with Crippen molar-refractivity contribution in [2.75, 3.05) is 21.3 Å². The van der Waals surface area contributed by atoms with Gasteiger partial charge in [0.15, 0.2) is 0 Å². The van der Waals surface area contributed by atoms with E-state index in [4.69, 9.17) is 14.2 Å². The van der Waals surface area contributed by atoms with E-state index < -0.39 is 12.1 Å². The third kappa shape index (κ3) is 5.44. The van der Waals surface area contributed by atoms with Gasteiger partial charge in [0.2, 0.25) is 5.88 Å². The molecule has 0 fully saturated rings. The zero-order valence-corrected chi connectivity index (χ0v) is 23.0. The van der Waals surface area contributed by atoms with Crippen LogP contribution in [0.3, 0.4) is 0 Å². The number of carbonyl (C=O) groups excluding carboxylic acids is 2. The lowest BCUT2D eigenvalue weighted by Gasteiger charge is -2.25. The minimum Gasteiger partial charge on any atom is -0.480 e. The van der Waals surface area contributed by atoms with Gasteiger partial charge in [-0.3, -0.25) is 4.79 Å². The molecule has 5 rings (SSSR count). The third-order valence-electron chi connectivity index (χ3n) is 7.30. The molecule has 0 bridgehead atoms. The number of rotatable bonds is 10. The number of nitrogens with zero attached hydrogens (tertiary/aromatic N) is 1. The van der Waals surface area contributed by atoms with Crippen molar-refractivity contribution in [1.29, 1.82) is 0 Å². The number of methoxy groups -OCH3 is 3. The highest BCUT2D eigenvalue weighted by atomic mass is 32.2. The molecule has 1 aliphatic carbocycles. The van der Waals surface area contributed by atoms with Crippen LogP contribution in [-0.2, 0) is 27.1 Å². The molecule has 0 spiro atoms. The van der Waals surface area contributed by atoms with Crippen molar-refractivity contribution >= 4 is 45.4 Å². The molecule has 39 heavy (non-hydrogen) atoms. The zero-order chi connectivity index (χ0) is 27.5. The highest BCUT2D eigenvalue weighted by Gasteiger charge is 2.28. The fraction of sp³-hybridized carbons (Fsp3) is 0.323. The maximum atomic E-state index is 12.2. The Balaban J connectivity index is 1.51. The number of aryl methyl sites for hydroxylation is 2. The molecule has 1 heterocycles. The number of fused-ring (bicyclic) bond motifs is 1. The number of carbonyl (C=O) groups is 2. The molecule has 1 aromatic heterocycles. The quantitative estimate of drug-likeness (QED) is 0.197. The van der Waals surface area contributed by atoms with Gasteiger partial charge in [0.25, 0.3) is 0 Å². The molecular weight excluding hydrogens is 514 g/mol. The summed E-state index contributed by atoms with van der Waals surface area (Å²) in [6.07, 6.45) is 2.51. The van der Waals surface area contributed by atoms with Crippen molar-refractivity contribution in [2.45, 2.75) is 48.4 Å². The Kier molecular flexibility index (Phi) is 8.04. The lowest BCUT2D eigenvalue weighted by Crippen LogP contribution is -2.18. The lowest BCUT2D eigenvalue weighted by atomic mass is 9.94. The highest BCUT2D eigenvalue weighted by molar-refractivity contribution is 7.99. The minimum absolute atomic E-state index is 0.200. The second kappa shape index (κ2) is 11.6. The van der Waals surface area contributed by atoms with E-state index in [1.807, 2.05) is 18.2 Å². The maximum absolute atomic E-state index is 12.2. The maximum Gasteiger partial charge on any atom is 0.343 e. The SMILES string of the molecule is COC(=O)CCCC(O)C(Sc1ccc2cc(C(=O)OC)c(OC)nc2c1)c1ccc2cccc3c2c1CC3. The summed E-state index contributed by atoms with van der Waals surface area (Å²) in [6.45, 7) is 0. The number of pyridine rings is 1. The van der Waals surface area contributed by atoms with E-state index in [9.17, 15) is 14.7 Å². The number of ether oxygens (including phenoxy) is 3. The average Bonchev–Trinajstić information content (AvgIpc) is 3.40. The van der Waals surface area contributed by atoms with Crippen LogP contribution in [0.4, 0.5) is 0 Å². The summed E-state index contributed by atoms with van der Waals surface area (Å²) in [6, 6.07) is 18.2. The Labute approximate surface area is 231 Å². The zero-order valence-electron chi connectivity index (χ0n) is 22.2. The molecule has 4 aromatic rings. The normalized spacial score (nSPS) is 13.8. The van der Waals surface area contributed by atoms with Crippen molar-refractivity contribution in [3.8, 4) is 5.88 Å². The minimum atomic E-state index is -0.680. The van der Waals surface area contributed by atoms with Crippen LogP contribution < -0.4 is 4.74 Å². The molecule has 0 saturated heterocycles. The Morgan fingerprint density at radius 1 is 1.00 bits per heavy atom. The Bertz CT molecular complexity index is 1550. The highest BCUT2D eigenvalue weighted by Crippen LogP contribution is 2.45. The van der Waals surface area contributed by atoms with Gasteiger partial charge in [0, 0.05) is 16.7 Å². The first-order valence-corrected chi connectivity index (χ1v) is 13.8. The number of benzene rings is 3. The van der Waals surface area contributed by atoms with E-state index in [1.54, 1.807) is 17.8 Å². The molecular formula is C31H31NO6S. The van der Waals surface area contributed by atoms with Gasteiger partial charge in [-0.1, -0.05) is 36.4 Å².